The van der Waals surface area contributed by atoms with E-state index in [1.807, 2.05) is 31.2 Å². The minimum atomic E-state index is -0.347. The van der Waals surface area contributed by atoms with E-state index in [0.717, 1.165) is 33.6 Å². The van der Waals surface area contributed by atoms with Gasteiger partial charge in [-0.1, -0.05) is 18.2 Å². The summed E-state index contributed by atoms with van der Waals surface area (Å²) in [6.45, 7) is 8.53. The van der Waals surface area contributed by atoms with E-state index < -0.39 is 0 Å². The summed E-state index contributed by atoms with van der Waals surface area (Å²) in [7, 11) is 0. The monoisotopic (exact) mass is 314 g/mol. The molecule has 1 atom stereocenters. The van der Waals surface area contributed by atoms with Gasteiger partial charge < -0.3 is 14.9 Å². The molecule has 2 aromatic carbocycles. The lowest BCUT2D eigenvalue weighted by Gasteiger charge is -2.17. The Kier molecular flexibility index (Phi) is 5.80. The van der Waals surface area contributed by atoms with Crippen molar-refractivity contribution in [2.45, 2.75) is 46.8 Å². The summed E-state index contributed by atoms with van der Waals surface area (Å²) >= 11 is 0. The van der Waals surface area contributed by atoms with Crippen molar-refractivity contribution in [3.63, 3.8) is 0 Å². The zero-order valence-corrected chi connectivity index (χ0v) is 14.4. The van der Waals surface area contributed by atoms with E-state index in [2.05, 4.69) is 19.9 Å². The number of hydrogen-bond acceptors (Lipinski definition) is 3. The Balaban J connectivity index is 2.34. The fourth-order valence-corrected chi connectivity index (χ4v) is 2.90. The van der Waals surface area contributed by atoms with Crippen LogP contribution in [-0.2, 0) is 6.61 Å². The summed E-state index contributed by atoms with van der Waals surface area (Å²) in [5.74, 6) is 0.834. The molecule has 0 radical (unpaired) electrons. The van der Waals surface area contributed by atoms with Gasteiger partial charge in [0.2, 0.25) is 0 Å². The third-order valence-electron chi connectivity index (χ3n) is 4.20. The molecule has 0 saturated carbocycles. The smallest absolute Gasteiger partial charge is 0.119 e. The number of aliphatic hydroxyl groups excluding tert-OH is 2. The highest BCUT2D eigenvalue weighted by molar-refractivity contribution is 5.75. The largest absolute Gasteiger partial charge is 0.493 e. The van der Waals surface area contributed by atoms with E-state index in [9.17, 15) is 10.2 Å². The summed E-state index contributed by atoms with van der Waals surface area (Å²) < 4.78 is 5.74. The SMILES string of the molecule is Cc1cc(OCC[C@@H](C)O)cc(C)c1-c1cccc(CO)c1C. The maximum atomic E-state index is 9.47. The quantitative estimate of drug-likeness (QED) is 0.849. The zero-order chi connectivity index (χ0) is 17.0. The fraction of sp³-hybridized carbons (Fsp3) is 0.400. The Hall–Kier alpha value is -1.84. The summed E-state index contributed by atoms with van der Waals surface area (Å²) in [4.78, 5) is 0. The van der Waals surface area contributed by atoms with Crippen LogP contribution in [0.25, 0.3) is 11.1 Å². The molecule has 3 heteroatoms. The van der Waals surface area contributed by atoms with Crippen LogP contribution in [0.4, 0.5) is 0 Å². The van der Waals surface area contributed by atoms with E-state index in [0.29, 0.717) is 13.0 Å². The van der Waals surface area contributed by atoms with Crippen molar-refractivity contribution in [1.82, 2.24) is 0 Å². The predicted molar refractivity (Wildman–Crippen MR) is 93.8 cm³/mol. The van der Waals surface area contributed by atoms with Gasteiger partial charge in [0.15, 0.2) is 0 Å². The third kappa shape index (κ3) is 4.12. The van der Waals surface area contributed by atoms with Crippen LogP contribution < -0.4 is 4.74 Å². The molecule has 0 spiro atoms. The molecule has 0 bridgehead atoms. The number of aryl methyl sites for hydroxylation is 2. The fourth-order valence-electron chi connectivity index (χ4n) is 2.90. The molecule has 2 N–H and O–H groups in total. The van der Waals surface area contributed by atoms with E-state index in [1.165, 1.54) is 5.56 Å². The molecule has 124 valence electrons. The molecule has 0 unspecified atom stereocenters. The Morgan fingerprint density at radius 3 is 2.30 bits per heavy atom. The molecule has 0 aliphatic carbocycles. The molecule has 0 aliphatic heterocycles. The second-order valence-corrected chi connectivity index (χ2v) is 6.17. The first-order valence-electron chi connectivity index (χ1n) is 8.06. The number of hydrogen-bond donors (Lipinski definition) is 2. The summed E-state index contributed by atoms with van der Waals surface area (Å²) in [6.07, 6.45) is 0.276. The van der Waals surface area contributed by atoms with Crippen LogP contribution >= 0.6 is 0 Å². The third-order valence-corrected chi connectivity index (χ3v) is 4.20. The lowest BCUT2D eigenvalue weighted by molar-refractivity contribution is 0.155. The highest BCUT2D eigenvalue weighted by atomic mass is 16.5. The van der Waals surface area contributed by atoms with Crippen LogP contribution in [0.15, 0.2) is 30.3 Å². The maximum absolute atomic E-state index is 9.47. The van der Waals surface area contributed by atoms with Gasteiger partial charge in [0.05, 0.1) is 19.3 Å². The van der Waals surface area contributed by atoms with Crippen LogP contribution in [0.2, 0.25) is 0 Å². The Bertz CT molecular complexity index is 652. The van der Waals surface area contributed by atoms with Gasteiger partial charge >= 0.3 is 0 Å². The Labute approximate surface area is 138 Å². The van der Waals surface area contributed by atoms with E-state index >= 15 is 0 Å². The minimum Gasteiger partial charge on any atom is -0.493 e. The van der Waals surface area contributed by atoms with Crippen molar-refractivity contribution in [3.8, 4) is 16.9 Å². The molecule has 0 aromatic heterocycles. The van der Waals surface area contributed by atoms with Gasteiger partial charge in [-0.3, -0.25) is 0 Å². The number of benzene rings is 2. The highest BCUT2D eigenvalue weighted by Crippen LogP contribution is 2.34. The van der Waals surface area contributed by atoms with E-state index in [4.69, 9.17) is 4.74 Å². The lowest BCUT2D eigenvalue weighted by atomic mass is 9.90. The molecule has 23 heavy (non-hydrogen) atoms. The minimum absolute atomic E-state index is 0.0539. The van der Waals surface area contributed by atoms with Gasteiger partial charge in [-0.25, -0.2) is 0 Å². The molecular formula is C20H26O3. The standard InChI is InChI=1S/C20H26O3/c1-13-10-18(23-9-8-15(3)22)11-14(2)20(13)19-7-5-6-17(12-21)16(19)4/h5-7,10-11,15,21-22H,8-9,12H2,1-4H3/t15-/m1/s1. The summed E-state index contributed by atoms with van der Waals surface area (Å²) in [6, 6.07) is 10.1. The van der Waals surface area contributed by atoms with Crippen molar-refractivity contribution in [2.75, 3.05) is 6.61 Å². The predicted octanol–water partition coefficient (Wildman–Crippen LogP) is 3.92. The first-order valence-corrected chi connectivity index (χ1v) is 8.06. The van der Waals surface area contributed by atoms with Crippen molar-refractivity contribution in [3.05, 3.63) is 52.6 Å². The first-order chi connectivity index (χ1) is 10.9. The maximum Gasteiger partial charge on any atom is 0.119 e. The van der Waals surface area contributed by atoms with Crippen LogP contribution in [0, 0.1) is 20.8 Å². The van der Waals surface area contributed by atoms with Gasteiger partial charge in [-0.15, -0.1) is 0 Å². The van der Waals surface area contributed by atoms with Crippen molar-refractivity contribution < 1.29 is 14.9 Å². The van der Waals surface area contributed by atoms with E-state index in [1.54, 1.807) is 6.92 Å². The van der Waals surface area contributed by atoms with Crippen molar-refractivity contribution >= 4 is 0 Å². The second-order valence-electron chi connectivity index (χ2n) is 6.17. The average Bonchev–Trinajstić information content (AvgIpc) is 2.48. The van der Waals surface area contributed by atoms with Gasteiger partial charge in [-0.2, -0.15) is 0 Å². The van der Waals surface area contributed by atoms with Crippen molar-refractivity contribution in [2.24, 2.45) is 0 Å². The van der Waals surface area contributed by atoms with Crippen LogP contribution in [0.1, 0.15) is 35.6 Å². The van der Waals surface area contributed by atoms with E-state index in [-0.39, 0.29) is 12.7 Å². The molecule has 0 fully saturated rings. The Morgan fingerprint density at radius 2 is 1.74 bits per heavy atom. The molecule has 0 amide bonds. The molecule has 3 nitrogen and oxygen atoms in total. The highest BCUT2D eigenvalue weighted by Gasteiger charge is 2.12. The molecule has 0 aliphatic rings. The van der Waals surface area contributed by atoms with Crippen LogP contribution in [0.5, 0.6) is 5.75 Å². The average molecular weight is 314 g/mol. The van der Waals surface area contributed by atoms with Gasteiger partial charge in [-0.05, 0) is 73.2 Å². The van der Waals surface area contributed by atoms with Gasteiger partial charge in [0.1, 0.15) is 5.75 Å². The molecule has 0 saturated heterocycles. The lowest BCUT2D eigenvalue weighted by Crippen LogP contribution is -2.07. The number of ether oxygens (including phenoxy) is 1. The van der Waals surface area contributed by atoms with Crippen molar-refractivity contribution in [1.29, 1.82) is 0 Å². The molecule has 0 heterocycles. The van der Waals surface area contributed by atoms with Crippen LogP contribution in [-0.4, -0.2) is 22.9 Å². The number of rotatable bonds is 6. The zero-order valence-electron chi connectivity index (χ0n) is 14.4. The second kappa shape index (κ2) is 7.62. The molecular weight excluding hydrogens is 288 g/mol. The summed E-state index contributed by atoms with van der Waals surface area (Å²) in [5.41, 5.74) is 6.72. The number of aliphatic hydroxyl groups is 2. The molecule has 2 aromatic rings. The van der Waals surface area contributed by atoms with Crippen LogP contribution in [0.3, 0.4) is 0 Å². The normalized spacial score (nSPS) is 12.3. The topological polar surface area (TPSA) is 49.7 Å². The first kappa shape index (κ1) is 17.5. The Morgan fingerprint density at radius 1 is 1.09 bits per heavy atom. The molecule has 2 rings (SSSR count). The summed E-state index contributed by atoms with van der Waals surface area (Å²) in [5, 5.41) is 18.8. The van der Waals surface area contributed by atoms with Gasteiger partial charge in [0.25, 0.3) is 0 Å². The van der Waals surface area contributed by atoms with Gasteiger partial charge in [0, 0.05) is 6.42 Å².